The van der Waals surface area contributed by atoms with Crippen molar-refractivity contribution in [1.82, 2.24) is 24.6 Å². The second-order valence-electron chi connectivity index (χ2n) is 10.9. The van der Waals surface area contributed by atoms with E-state index in [0.717, 1.165) is 34.1 Å². The smallest absolute Gasteiger partial charge is 0.222 e. The highest BCUT2D eigenvalue weighted by atomic mass is 15.2. The minimum absolute atomic E-state index is 0.250. The number of nitrogens with one attached hydrogen (secondary N) is 1. The highest BCUT2D eigenvalue weighted by Gasteiger charge is 2.24. The molecule has 3 N–H and O–H groups in total. The van der Waals surface area contributed by atoms with Gasteiger partial charge in [-0.1, -0.05) is 65.5 Å². The van der Waals surface area contributed by atoms with E-state index < -0.39 is 0 Å². The van der Waals surface area contributed by atoms with Gasteiger partial charge in [-0.3, -0.25) is 0 Å². The van der Waals surface area contributed by atoms with Crippen molar-refractivity contribution in [3.8, 4) is 0 Å². The Kier molecular flexibility index (Phi) is 12.4. The van der Waals surface area contributed by atoms with E-state index >= 15 is 0 Å². The molecule has 38 heavy (non-hydrogen) atoms. The maximum Gasteiger partial charge on any atom is 0.222 e. The van der Waals surface area contributed by atoms with Crippen LogP contribution in [0.4, 0.5) is 11.8 Å². The van der Waals surface area contributed by atoms with Gasteiger partial charge in [0.15, 0.2) is 5.65 Å². The van der Waals surface area contributed by atoms with Gasteiger partial charge >= 0.3 is 0 Å². The van der Waals surface area contributed by atoms with Gasteiger partial charge in [0, 0.05) is 30.4 Å². The molecule has 1 aliphatic carbocycles. The molecule has 0 aromatic carbocycles. The molecule has 0 spiro atoms. The van der Waals surface area contributed by atoms with Crippen molar-refractivity contribution >= 4 is 23.0 Å². The highest BCUT2D eigenvalue weighted by molar-refractivity contribution is 5.85. The number of aryl methyl sites for hydroxylation is 1. The van der Waals surface area contributed by atoms with Crippen LogP contribution >= 0.6 is 0 Å². The van der Waals surface area contributed by atoms with Crippen LogP contribution < -0.4 is 11.1 Å². The van der Waals surface area contributed by atoms with Crippen LogP contribution in [0.2, 0.25) is 0 Å². The van der Waals surface area contributed by atoms with Gasteiger partial charge in [0.05, 0.1) is 17.6 Å². The lowest BCUT2D eigenvalue weighted by Crippen LogP contribution is -2.19. The first-order valence-corrected chi connectivity index (χ1v) is 14.1. The second kappa shape index (κ2) is 15.3. The fourth-order valence-corrected chi connectivity index (χ4v) is 4.56. The summed E-state index contributed by atoms with van der Waals surface area (Å²) in [5.41, 5.74) is 10.7. The number of aromatic nitrogens is 5. The fourth-order valence-electron chi connectivity index (χ4n) is 4.56. The van der Waals surface area contributed by atoms with E-state index in [1.54, 1.807) is 10.7 Å². The van der Waals surface area contributed by atoms with Crippen LogP contribution in [0.5, 0.6) is 0 Å². The first-order chi connectivity index (χ1) is 18.1. The van der Waals surface area contributed by atoms with Crippen molar-refractivity contribution in [3.05, 3.63) is 60.2 Å². The van der Waals surface area contributed by atoms with Gasteiger partial charge < -0.3 is 11.1 Å². The minimum atomic E-state index is 0.250. The van der Waals surface area contributed by atoms with E-state index in [0.29, 0.717) is 11.2 Å². The van der Waals surface area contributed by atoms with Gasteiger partial charge in [0.25, 0.3) is 0 Å². The summed E-state index contributed by atoms with van der Waals surface area (Å²) < 4.78 is 1.72. The van der Waals surface area contributed by atoms with Gasteiger partial charge in [-0.2, -0.15) is 10.1 Å². The highest BCUT2D eigenvalue weighted by Crippen LogP contribution is 2.37. The number of nitrogens with zero attached hydrogens (tertiary/aromatic N) is 5. The third kappa shape index (κ3) is 9.26. The molecular formula is C31H49N7. The van der Waals surface area contributed by atoms with Gasteiger partial charge in [-0.15, -0.1) is 6.58 Å². The molecule has 1 aliphatic rings. The number of hydrogen-bond donors (Lipinski definition) is 2. The second-order valence-corrected chi connectivity index (χ2v) is 10.9. The average Bonchev–Trinajstić information content (AvgIpc) is 3.36. The lowest BCUT2D eigenvalue weighted by Gasteiger charge is -2.32. The number of hydrogen-bond acceptors (Lipinski definition) is 6. The monoisotopic (exact) mass is 519 g/mol. The summed E-state index contributed by atoms with van der Waals surface area (Å²) in [4.78, 5) is 13.2. The minimum Gasteiger partial charge on any atom is -0.372 e. The first kappa shape index (κ1) is 31.0. The van der Waals surface area contributed by atoms with Gasteiger partial charge in [0.2, 0.25) is 5.95 Å². The Bertz CT molecular complexity index is 1170. The summed E-state index contributed by atoms with van der Waals surface area (Å²) in [6.45, 7) is 16.9. The summed E-state index contributed by atoms with van der Waals surface area (Å²) in [5, 5.41) is 7.24. The molecule has 1 fully saturated rings. The van der Waals surface area contributed by atoms with Crippen molar-refractivity contribution in [3.63, 3.8) is 0 Å². The average molecular weight is 520 g/mol. The molecule has 1 saturated carbocycles. The summed E-state index contributed by atoms with van der Waals surface area (Å²) in [6.07, 6.45) is 18.5. The molecule has 0 saturated heterocycles. The number of anilines is 2. The zero-order valence-corrected chi connectivity index (χ0v) is 24.7. The number of fused-ring (bicyclic) bond motifs is 1. The molecule has 4 rings (SSSR count). The lowest BCUT2D eigenvalue weighted by molar-refractivity contribution is 0.201. The Morgan fingerprint density at radius 2 is 1.89 bits per heavy atom. The standard InChI is InChI=1S/C15H17N7.C9H18.C7H14/c1-4-10(11-6-8-22-12(20-11)5-7-18-22)13-9(2)19-15(16)21-14(13)17-3;1-8-4-6-9(2,3)7-5-8;1-3-5-7-6-4-2/h4-8H,1-3H3,(H3,16,17,19,21);8H,4-7H2,1-3H3;3H,1,4-7H2,2H3/b10-4-;;. The summed E-state index contributed by atoms with van der Waals surface area (Å²) in [6, 6.07) is 3.78. The van der Waals surface area contributed by atoms with Gasteiger partial charge in [0.1, 0.15) is 5.82 Å². The van der Waals surface area contributed by atoms with Crippen LogP contribution in [0.3, 0.4) is 0 Å². The Hall–Kier alpha value is -3.22. The number of allylic oxidation sites excluding steroid dienone is 2. The SMILES string of the molecule is C/C=C(/c1ccn2nccc2n1)c1c(C)nc(N)nc1NC.C=CCCCCC.CC1CCC(C)(C)CC1. The van der Waals surface area contributed by atoms with E-state index in [4.69, 9.17) is 5.73 Å². The van der Waals surface area contributed by atoms with Crippen molar-refractivity contribution in [2.24, 2.45) is 11.3 Å². The molecule has 7 heteroatoms. The number of unbranched alkanes of at least 4 members (excludes halogenated alkanes) is 3. The van der Waals surface area contributed by atoms with Crippen molar-refractivity contribution in [1.29, 1.82) is 0 Å². The zero-order valence-electron chi connectivity index (χ0n) is 24.7. The molecule has 7 nitrogen and oxygen atoms in total. The predicted molar refractivity (Wildman–Crippen MR) is 162 cm³/mol. The first-order valence-electron chi connectivity index (χ1n) is 14.1. The molecule has 3 aromatic rings. The third-order valence-electron chi connectivity index (χ3n) is 7.08. The van der Waals surface area contributed by atoms with Crippen molar-refractivity contribution < 1.29 is 0 Å². The zero-order chi connectivity index (χ0) is 28.1. The maximum absolute atomic E-state index is 5.74. The van der Waals surface area contributed by atoms with Crippen molar-refractivity contribution in [2.45, 2.75) is 92.9 Å². The molecule has 0 radical (unpaired) electrons. The summed E-state index contributed by atoms with van der Waals surface area (Å²) in [7, 11) is 1.81. The molecule has 3 heterocycles. The van der Waals surface area contributed by atoms with Crippen LogP contribution in [0.15, 0.2) is 43.3 Å². The Balaban J connectivity index is 0.000000261. The van der Waals surface area contributed by atoms with Crippen LogP contribution in [0, 0.1) is 18.3 Å². The molecule has 0 unspecified atom stereocenters. The lowest BCUT2D eigenvalue weighted by atomic mass is 9.74. The molecular weight excluding hydrogens is 470 g/mol. The Morgan fingerprint density at radius 1 is 1.18 bits per heavy atom. The Morgan fingerprint density at radius 3 is 2.47 bits per heavy atom. The normalized spacial score (nSPS) is 15.2. The third-order valence-corrected chi connectivity index (χ3v) is 7.08. The number of nitrogens with two attached hydrogens (primary N) is 1. The maximum atomic E-state index is 5.74. The molecule has 208 valence electrons. The molecule has 0 amide bonds. The number of nitrogen functional groups attached to an aromatic ring is 1. The van der Waals surface area contributed by atoms with Gasteiger partial charge in [-0.05, 0) is 56.9 Å². The van der Waals surface area contributed by atoms with Crippen LogP contribution in [0.25, 0.3) is 11.2 Å². The van der Waals surface area contributed by atoms with Gasteiger partial charge in [-0.25, -0.2) is 14.5 Å². The Labute approximate surface area is 230 Å². The number of rotatable bonds is 7. The van der Waals surface area contributed by atoms with Crippen molar-refractivity contribution in [2.75, 3.05) is 18.1 Å². The quantitative estimate of drug-likeness (QED) is 0.243. The van der Waals surface area contributed by atoms with E-state index in [9.17, 15) is 0 Å². The van der Waals surface area contributed by atoms with E-state index in [-0.39, 0.29) is 5.95 Å². The molecule has 3 aromatic heterocycles. The largest absolute Gasteiger partial charge is 0.372 e. The molecule has 0 bridgehead atoms. The molecule has 0 atom stereocenters. The van der Waals surface area contributed by atoms with E-state index in [2.05, 4.69) is 59.6 Å². The van der Waals surface area contributed by atoms with E-state index in [1.807, 2.05) is 51.4 Å². The summed E-state index contributed by atoms with van der Waals surface area (Å²) in [5.74, 6) is 1.94. The summed E-state index contributed by atoms with van der Waals surface area (Å²) >= 11 is 0. The fraction of sp³-hybridized carbons (Fsp3) is 0.548. The van der Waals surface area contributed by atoms with Crippen LogP contribution in [0.1, 0.15) is 103 Å². The van der Waals surface area contributed by atoms with E-state index in [1.165, 1.54) is 51.4 Å². The van der Waals surface area contributed by atoms with Crippen LogP contribution in [-0.2, 0) is 0 Å². The molecule has 0 aliphatic heterocycles. The predicted octanol–water partition coefficient (Wildman–Crippen LogP) is 7.88. The topological polar surface area (TPSA) is 94.0 Å². The van der Waals surface area contributed by atoms with Crippen LogP contribution in [-0.4, -0.2) is 31.6 Å².